The van der Waals surface area contributed by atoms with Crippen molar-refractivity contribution in [3.05, 3.63) is 5.82 Å². The van der Waals surface area contributed by atoms with Crippen molar-refractivity contribution in [3.63, 3.8) is 0 Å². The molecule has 0 amide bonds. The second-order valence-electron chi connectivity index (χ2n) is 5.19. The van der Waals surface area contributed by atoms with Gasteiger partial charge in [-0.3, -0.25) is 0 Å². The number of rotatable bonds is 12. The van der Waals surface area contributed by atoms with Crippen LogP contribution in [0.2, 0.25) is 0 Å². The summed E-state index contributed by atoms with van der Waals surface area (Å²) in [6.07, 6.45) is 12.5. The second-order valence-corrected chi connectivity index (χ2v) is 5.19. The molecule has 0 bridgehead atoms. The van der Waals surface area contributed by atoms with E-state index in [1.54, 1.807) is 0 Å². The predicted molar refractivity (Wildman–Crippen MR) is 77.8 cm³/mol. The van der Waals surface area contributed by atoms with E-state index in [1.165, 1.54) is 51.4 Å². The van der Waals surface area contributed by atoms with Crippen molar-refractivity contribution < 1.29 is 0 Å². The number of aryl methyl sites for hydroxylation is 2. The summed E-state index contributed by atoms with van der Waals surface area (Å²) in [5, 5.41) is 11.8. The Morgan fingerprint density at radius 1 is 0.947 bits per heavy atom. The third-order valence-corrected chi connectivity index (χ3v) is 3.43. The molecular formula is C14H29N5. The lowest BCUT2D eigenvalue weighted by Gasteiger charge is -2.04. The van der Waals surface area contributed by atoms with Gasteiger partial charge in [-0.05, 0) is 29.8 Å². The molecular weight excluding hydrogens is 238 g/mol. The Morgan fingerprint density at radius 2 is 1.63 bits per heavy atom. The third kappa shape index (κ3) is 7.25. The van der Waals surface area contributed by atoms with Gasteiger partial charge in [0, 0.05) is 13.0 Å². The van der Waals surface area contributed by atoms with Crippen LogP contribution in [0, 0.1) is 0 Å². The summed E-state index contributed by atoms with van der Waals surface area (Å²) in [6, 6.07) is 0. The fourth-order valence-electron chi connectivity index (χ4n) is 2.23. The Balaban J connectivity index is 2.04. The molecule has 5 nitrogen and oxygen atoms in total. The number of nitrogens with two attached hydrogens (primary N) is 1. The second kappa shape index (κ2) is 10.9. The van der Waals surface area contributed by atoms with Gasteiger partial charge in [0.1, 0.15) is 0 Å². The summed E-state index contributed by atoms with van der Waals surface area (Å²) >= 11 is 0. The van der Waals surface area contributed by atoms with Crippen LogP contribution < -0.4 is 5.73 Å². The van der Waals surface area contributed by atoms with Crippen molar-refractivity contribution in [2.45, 2.75) is 77.7 Å². The average molecular weight is 267 g/mol. The number of hydrogen-bond acceptors (Lipinski definition) is 4. The lowest BCUT2D eigenvalue weighted by atomic mass is 10.1. The van der Waals surface area contributed by atoms with E-state index < -0.39 is 0 Å². The lowest BCUT2D eigenvalue weighted by Crippen LogP contribution is -2.08. The Labute approximate surface area is 116 Å². The minimum Gasteiger partial charge on any atom is -0.330 e. The number of nitrogens with zero attached hydrogens (tertiary/aromatic N) is 4. The monoisotopic (exact) mass is 267 g/mol. The van der Waals surface area contributed by atoms with E-state index in [2.05, 4.69) is 22.4 Å². The van der Waals surface area contributed by atoms with Crippen molar-refractivity contribution in [2.24, 2.45) is 5.73 Å². The summed E-state index contributed by atoms with van der Waals surface area (Å²) in [5.41, 5.74) is 5.51. The zero-order valence-electron chi connectivity index (χ0n) is 12.4. The van der Waals surface area contributed by atoms with E-state index in [-0.39, 0.29) is 0 Å². The zero-order chi connectivity index (χ0) is 13.8. The van der Waals surface area contributed by atoms with Gasteiger partial charge in [-0.1, -0.05) is 51.9 Å². The average Bonchev–Trinajstić information content (AvgIpc) is 2.87. The summed E-state index contributed by atoms with van der Waals surface area (Å²) in [4.78, 5) is 0. The first kappa shape index (κ1) is 16.1. The SMILES string of the molecule is CCCCCCCCCCn1nnnc1CCCN. The maximum atomic E-state index is 5.51. The molecule has 19 heavy (non-hydrogen) atoms. The molecule has 5 heteroatoms. The van der Waals surface area contributed by atoms with Crippen molar-refractivity contribution in [1.82, 2.24) is 20.2 Å². The molecule has 110 valence electrons. The van der Waals surface area contributed by atoms with Crippen LogP contribution in [0.5, 0.6) is 0 Å². The maximum absolute atomic E-state index is 5.51. The van der Waals surface area contributed by atoms with Gasteiger partial charge >= 0.3 is 0 Å². The fraction of sp³-hybridized carbons (Fsp3) is 0.929. The van der Waals surface area contributed by atoms with Gasteiger partial charge in [0.25, 0.3) is 0 Å². The number of hydrogen-bond donors (Lipinski definition) is 1. The van der Waals surface area contributed by atoms with Gasteiger partial charge in [-0.15, -0.1) is 5.10 Å². The normalized spacial score (nSPS) is 11.1. The van der Waals surface area contributed by atoms with Crippen LogP contribution in [-0.2, 0) is 13.0 Å². The van der Waals surface area contributed by atoms with Gasteiger partial charge in [0.05, 0.1) is 0 Å². The Kier molecular flexibility index (Phi) is 9.23. The Bertz CT molecular complexity index is 311. The number of unbranched alkanes of at least 4 members (excludes halogenated alkanes) is 7. The largest absolute Gasteiger partial charge is 0.330 e. The molecule has 0 unspecified atom stereocenters. The quantitative estimate of drug-likeness (QED) is 0.591. The first-order chi connectivity index (χ1) is 9.38. The molecule has 0 aliphatic carbocycles. The Morgan fingerprint density at radius 3 is 2.32 bits per heavy atom. The Hall–Kier alpha value is -0.970. The van der Waals surface area contributed by atoms with Crippen LogP contribution >= 0.6 is 0 Å². The van der Waals surface area contributed by atoms with Gasteiger partial charge in [-0.25, -0.2) is 4.68 Å². The van der Waals surface area contributed by atoms with E-state index in [9.17, 15) is 0 Å². The predicted octanol–water partition coefficient (Wildman–Crippen LogP) is 2.71. The summed E-state index contributed by atoms with van der Waals surface area (Å²) in [7, 11) is 0. The first-order valence-corrected chi connectivity index (χ1v) is 7.83. The number of tetrazole rings is 1. The van der Waals surface area contributed by atoms with Crippen molar-refractivity contribution in [2.75, 3.05) is 6.54 Å². The molecule has 2 N–H and O–H groups in total. The lowest BCUT2D eigenvalue weighted by molar-refractivity contribution is 0.496. The standard InChI is InChI=1S/C14H29N5/c1-2-3-4-5-6-7-8-9-13-19-14(11-10-12-15)16-17-18-19/h2-13,15H2,1H3. The highest BCUT2D eigenvalue weighted by Gasteiger charge is 2.04. The highest BCUT2D eigenvalue weighted by atomic mass is 15.5. The highest BCUT2D eigenvalue weighted by molar-refractivity contribution is 4.80. The molecule has 0 saturated carbocycles. The smallest absolute Gasteiger partial charge is 0.151 e. The third-order valence-electron chi connectivity index (χ3n) is 3.43. The maximum Gasteiger partial charge on any atom is 0.151 e. The molecule has 0 atom stereocenters. The number of aromatic nitrogens is 4. The fourth-order valence-corrected chi connectivity index (χ4v) is 2.23. The van der Waals surface area contributed by atoms with Crippen LogP contribution in [0.4, 0.5) is 0 Å². The van der Waals surface area contributed by atoms with E-state index in [4.69, 9.17) is 5.73 Å². The molecule has 1 rings (SSSR count). The molecule has 0 aliphatic heterocycles. The molecule has 0 spiro atoms. The minimum absolute atomic E-state index is 0.699. The van der Waals surface area contributed by atoms with Gasteiger partial charge in [0.2, 0.25) is 0 Å². The van der Waals surface area contributed by atoms with Gasteiger partial charge < -0.3 is 5.73 Å². The van der Waals surface area contributed by atoms with E-state index in [0.29, 0.717) is 6.54 Å². The summed E-state index contributed by atoms with van der Waals surface area (Å²) in [6.45, 7) is 3.90. The molecule has 1 heterocycles. The van der Waals surface area contributed by atoms with E-state index in [1.807, 2.05) is 4.68 Å². The molecule has 1 aromatic rings. The first-order valence-electron chi connectivity index (χ1n) is 7.83. The molecule has 0 aromatic carbocycles. The molecule has 0 saturated heterocycles. The van der Waals surface area contributed by atoms with Crippen molar-refractivity contribution in [1.29, 1.82) is 0 Å². The minimum atomic E-state index is 0.699. The van der Waals surface area contributed by atoms with E-state index >= 15 is 0 Å². The van der Waals surface area contributed by atoms with Crippen molar-refractivity contribution >= 4 is 0 Å². The van der Waals surface area contributed by atoms with Crippen LogP contribution in [0.25, 0.3) is 0 Å². The molecule has 0 fully saturated rings. The summed E-state index contributed by atoms with van der Waals surface area (Å²) in [5.74, 6) is 0.980. The highest BCUT2D eigenvalue weighted by Crippen LogP contribution is 2.09. The van der Waals surface area contributed by atoms with Gasteiger partial charge in [0.15, 0.2) is 5.82 Å². The van der Waals surface area contributed by atoms with Crippen LogP contribution in [-0.4, -0.2) is 26.8 Å². The van der Waals surface area contributed by atoms with Gasteiger partial charge in [-0.2, -0.15) is 0 Å². The molecule has 0 aliphatic rings. The van der Waals surface area contributed by atoms with Crippen molar-refractivity contribution in [3.8, 4) is 0 Å². The van der Waals surface area contributed by atoms with Crippen LogP contribution in [0.1, 0.15) is 70.5 Å². The summed E-state index contributed by atoms with van der Waals surface area (Å²) < 4.78 is 1.94. The zero-order valence-corrected chi connectivity index (χ0v) is 12.4. The van der Waals surface area contributed by atoms with Crippen LogP contribution in [0.3, 0.4) is 0 Å². The van der Waals surface area contributed by atoms with E-state index in [0.717, 1.165) is 25.2 Å². The topological polar surface area (TPSA) is 69.6 Å². The molecule has 0 radical (unpaired) electrons. The van der Waals surface area contributed by atoms with Crippen LogP contribution in [0.15, 0.2) is 0 Å². The molecule has 1 aromatic heterocycles.